The first-order valence-corrected chi connectivity index (χ1v) is 7.18. The fraction of sp³-hybridized carbons (Fsp3) is 0.625. The molecule has 0 aromatic heterocycles. The summed E-state index contributed by atoms with van der Waals surface area (Å²) in [5.74, 6) is -0.192. The van der Waals surface area contributed by atoms with E-state index in [1.54, 1.807) is 0 Å². The molecule has 0 bridgehead atoms. The van der Waals surface area contributed by atoms with Gasteiger partial charge in [-0.05, 0) is 71.7 Å². The molecule has 1 aromatic rings. The summed E-state index contributed by atoms with van der Waals surface area (Å²) in [7, 11) is 6.29. The molecule has 1 rings (SSSR count). The van der Waals surface area contributed by atoms with Crippen molar-refractivity contribution in [2.24, 2.45) is 5.73 Å². The van der Waals surface area contributed by atoms with E-state index in [9.17, 15) is 4.39 Å². The summed E-state index contributed by atoms with van der Waals surface area (Å²) in [6.07, 6.45) is 1.95. The second-order valence-corrected chi connectivity index (χ2v) is 6.08. The standard InChI is InChI=1S/C16H28FN3/c1-16(13-18,20(4)11-5-10-19(2)3)12-14-6-8-15(17)9-7-14/h6-9H,5,10-13,18H2,1-4H3. The van der Waals surface area contributed by atoms with E-state index >= 15 is 0 Å². The van der Waals surface area contributed by atoms with Crippen LogP contribution in [-0.4, -0.2) is 56.1 Å². The smallest absolute Gasteiger partial charge is 0.123 e. The van der Waals surface area contributed by atoms with Crippen LogP contribution in [0.1, 0.15) is 18.9 Å². The Kier molecular flexibility index (Phi) is 6.59. The lowest BCUT2D eigenvalue weighted by atomic mass is 9.91. The Bertz CT molecular complexity index is 391. The Morgan fingerprint density at radius 2 is 1.70 bits per heavy atom. The summed E-state index contributed by atoms with van der Waals surface area (Å²) in [6.45, 7) is 4.84. The van der Waals surface area contributed by atoms with E-state index in [2.05, 4.69) is 37.9 Å². The van der Waals surface area contributed by atoms with Crippen molar-refractivity contribution < 1.29 is 4.39 Å². The Labute approximate surface area is 122 Å². The van der Waals surface area contributed by atoms with Crippen LogP contribution in [0.4, 0.5) is 4.39 Å². The summed E-state index contributed by atoms with van der Waals surface area (Å²) in [5, 5.41) is 0. The number of hydrogen-bond donors (Lipinski definition) is 1. The van der Waals surface area contributed by atoms with E-state index in [1.165, 1.54) is 12.1 Å². The molecule has 0 aliphatic rings. The number of nitrogens with zero attached hydrogens (tertiary/aromatic N) is 2. The average Bonchev–Trinajstić information content (AvgIpc) is 2.40. The highest BCUT2D eigenvalue weighted by Crippen LogP contribution is 2.19. The maximum atomic E-state index is 13.0. The van der Waals surface area contributed by atoms with Crippen molar-refractivity contribution in [3.63, 3.8) is 0 Å². The van der Waals surface area contributed by atoms with E-state index in [0.29, 0.717) is 6.54 Å². The van der Waals surface area contributed by atoms with Gasteiger partial charge in [0.05, 0.1) is 0 Å². The van der Waals surface area contributed by atoms with Crippen molar-refractivity contribution in [3.05, 3.63) is 35.6 Å². The zero-order chi connectivity index (χ0) is 15.2. The van der Waals surface area contributed by atoms with Gasteiger partial charge in [-0.3, -0.25) is 4.90 Å². The van der Waals surface area contributed by atoms with E-state index in [4.69, 9.17) is 5.73 Å². The molecule has 1 unspecified atom stereocenters. The van der Waals surface area contributed by atoms with Gasteiger partial charge in [0.1, 0.15) is 5.82 Å². The molecule has 0 aliphatic carbocycles. The molecule has 114 valence electrons. The van der Waals surface area contributed by atoms with E-state index in [-0.39, 0.29) is 11.4 Å². The highest BCUT2D eigenvalue weighted by atomic mass is 19.1. The number of hydrogen-bond acceptors (Lipinski definition) is 3. The fourth-order valence-corrected chi connectivity index (χ4v) is 2.30. The third kappa shape index (κ3) is 5.19. The Morgan fingerprint density at radius 3 is 2.20 bits per heavy atom. The normalized spacial score (nSPS) is 14.8. The van der Waals surface area contributed by atoms with Crippen LogP contribution in [0.3, 0.4) is 0 Å². The third-order valence-electron chi connectivity index (χ3n) is 3.96. The minimum atomic E-state index is -0.192. The zero-order valence-corrected chi connectivity index (χ0v) is 13.2. The molecular formula is C16H28FN3. The van der Waals surface area contributed by atoms with Crippen molar-refractivity contribution in [3.8, 4) is 0 Å². The van der Waals surface area contributed by atoms with Crippen LogP contribution in [0.15, 0.2) is 24.3 Å². The number of rotatable bonds is 8. The van der Waals surface area contributed by atoms with Gasteiger partial charge in [0.2, 0.25) is 0 Å². The van der Waals surface area contributed by atoms with Crippen molar-refractivity contribution in [2.45, 2.75) is 25.3 Å². The van der Waals surface area contributed by atoms with Crippen molar-refractivity contribution in [2.75, 3.05) is 40.8 Å². The maximum absolute atomic E-state index is 13.0. The van der Waals surface area contributed by atoms with Crippen molar-refractivity contribution in [1.29, 1.82) is 0 Å². The molecular weight excluding hydrogens is 253 g/mol. The molecule has 20 heavy (non-hydrogen) atoms. The van der Waals surface area contributed by atoms with Gasteiger partial charge in [0.15, 0.2) is 0 Å². The first-order valence-electron chi connectivity index (χ1n) is 7.18. The first kappa shape index (κ1) is 17.1. The highest BCUT2D eigenvalue weighted by molar-refractivity contribution is 5.19. The van der Waals surface area contributed by atoms with Crippen molar-refractivity contribution >= 4 is 0 Å². The molecule has 0 amide bonds. The molecule has 0 fully saturated rings. The van der Waals surface area contributed by atoms with Gasteiger partial charge in [-0.2, -0.15) is 0 Å². The van der Waals surface area contributed by atoms with Crippen molar-refractivity contribution in [1.82, 2.24) is 9.80 Å². The van der Waals surface area contributed by atoms with Gasteiger partial charge in [-0.1, -0.05) is 12.1 Å². The molecule has 0 heterocycles. The number of likely N-dealkylation sites (N-methyl/N-ethyl adjacent to an activating group) is 1. The van der Waals surface area contributed by atoms with E-state index in [0.717, 1.165) is 31.5 Å². The maximum Gasteiger partial charge on any atom is 0.123 e. The number of benzene rings is 1. The van der Waals surface area contributed by atoms with Crippen LogP contribution >= 0.6 is 0 Å². The van der Waals surface area contributed by atoms with Crippen LogP contribution in [0, 0.1) is 5.82 Å². The van der Waals surface area contributed by atoms with Gasteiger partial charge < -0.3 is 10.6 Å². The summed E-state index contributed by atoms with van der Waals surface area (Å²) in [5.41, 5.74) is 7.02. The molecule has 1 atom stereocenters. The monoisotopic (exact) mass is 281 g/mol. The van der Waals surface area contributed by atoms with Gasteiger partial charge >= 0.3 is 0 Å². The van der Waals surface area contributed by atoms with Gasteiger partial charge in [-0.15, -0.1) is 0 Å². The molecule has 3 nitrogen and oxygen atoms in total. The van der Waals surface area contributed by atoms with Crippen LogP contribution < -0.4 is 5.73 Å². The lowest BCUT2D eigenvalue weighted by Gasteiger charge is -2.38. The van der Waals surface area contributed by atoms with Gasteiger partial charge in [-0.25, -0.2) is 4.39 Å². The average molecular weight is 281 g/mol. The summed E-state index contributed by atoms with van der Waals surface area (Å²) in [6, 6.07) is 6.71. The number of nitrogens with two attached hydrogens (primary N) is 1. The lowest BCUT2D eigenvalue weighted by Crippen LogP contribution is -2.51. The Morgan fingerprint density at radius 1 is 1.10 bits per heavy atom. The van der Waals surface area contributed by atoms with Gasteiger partial charge in [0, 0.05) is 12.1 Å². The van der Waals surface area contributed by atoms with Crippen LogP contribution in [0.2, 0.25) is 0 Å². The van der Waals surface area contributed by atoms with Gasteiger partial charge in [0.25, 0.3) is 0 Å². The highest BCUT2D eigenvalue weighted by Gasteiger charge is 2.27. The second kappa shape index (κ2) is 7.72. The molecule has 0 spiro atoms. The van der Waals surface area contributed by atoms with Crippen LogP contribution in [0.25, 0.3) is 0 Å². The molecule has 2 N–H and O–H groups in total. The summed E-state index contributed by atoms with van der Waals surface area (Å²) < 4.78 is 13.0. The largest absolute Gasteiger partial charge is 0.329 e. The van der Waals surface area contributed by atoms with E-state index < -0.39 is 0 Å². The third-order valence-corrected chi connectivity index (χ3v) is 3.96. The predicted octanol–water partition coefficient (Wildman–Crippen LogP) is 1.97. The topological polar surface area (TPSA) is 32.5 Å². The first-order chi connectivity index (χ1) is 9.37. The lowest BCUT2D eigenvalue weighted by molar-refractivity contribution is 0.138. The molecule has 4 heteroatoms. The molecule has 0 saturated carbocycles. The fourth-order valence-electron chi connectivity index (χ4n) is 2.30. The minimum Gasteiger partial charge on any atom is -0.329 e. The quantitative estimate of drug-likeness (QED) is 0.791. The van der Waals surface area contributed by atoms with Crippen LogP contribution in [0.5, 0.6) is 0 Å². The van der Waals surface area contributed by atoms with E-state index in [1.807, 2.05) is 12.1 Å². The summed E-state index contributed by atoms with van der Waals surface area (Å²) >= 11 is 0. The molecule has 0 saturated heterocycles. The number of halogens is 1. The molecule has 1 aromatic carbocycles. The SMILES string of the molecule is CN(C)CCCN(C)C(C)(CN)Cc1ccc(F)cc1. The molecule has 0 radical (unpaired) electrons. The predicted molar refractivity (Wildman–Crippen MR) is 83.4 cm³/mol. The molecule has 0 aliphatic heterocycles. The summed E-state index contributed by atoms with van der Waals surface area (Å²) in [4.78, 5) is 4.51. The Balaban J connectivity index is 2.62. The minimum absolute atomic E-state index is 0.0931. The van der Waals surface area contributed by atoms with Crippen LogP contribution in [-0.2, 0) is 6.42 Å². The second-order valence-electron chi connectivity index (χ2n) is 6.08. The zero-order valence-electron chi connectivity index (χ0n) is 13.2. The Hall–Kier alpha value is -0.970.